The van der Waals surface area contributed by atoms with E-state index in [0.29, 0.717) is 42.9 Å². The Morgan fingerprint density at radius 1 is 1.27 bits per heavy atom. The van der Waals surface area contributed by atoms with E-state index in [2.05, 4.69) is 0 Å². The highest BCUT2D eigenvalue weighted by Gasteiger charge is 2.44. The van der Waals surface area contributed by atoms with Crippen LogP contribution in [0.5, 0.6) is 5.75 Å². The van der Waals surface area contributed by atoms with Crippen LogP contribution in [0.15, 0.2) is 27.9 Å². The fourth-order valence-corrected chi connectivity index (χ4v) is 6.74. The van der Waals surface area contributed by atoms with Gasteiger partial charge in [0.1, 0.15) is 11.3 Å². The number of aromatic nitrogens is 1. The maximum absolute atomic E-state index is 13.6. The van der Waals surface area contributed by atoms with Crippen LogP contribution in [-0.4, -0.2) is 44.4 Å². The molecule has 0 saturated heterocycles. The Labute approximate surface area is 197 Å². The molecule has 2 heterocycles. The average Bonchev–Trinajstić information content (AvgIpc) is 3.47. The van der Waals surface area contributed by atoms with Gasteiger partial charge in [-0.3, -0.25) is 4.79 Å². The van der Waals surface area contributed by atoms with E-state index in [0.717, 1.165) is 0 Å². The average molecular weight is 496 g/mol. The third-order valence-corrected chi connectivity index (χ3v) is 8.91. The number of rotatable bonds is 8. The number of methoxy groups -OCH3 is 1. The van der Waals surface area contributed by atoms with Crippen LogP contribution in [-0.2, 0) is 14.6 Å². The fraction of sp³-hybridized carbons (Fsp3) is 0.478. The van der Waals surface area contributed by atoms with Crippen molar-refractivity contribution < 1.29 is 27.8 Å². The van der Waals surface area contributed by atoms with E-state index in [1.807, 2.05) is 6.92 Å². The van der Waals surface area contributed by atoms with E-state index >= 15 is 0 Å². The second-order valence-electron chi connectivity index (χ2n) is 8.54. The Hall–Kier alpha value is -2.36. The van der Waals surface area contributed by atoms with Crippen molar-refractivity contribution in [3.05, 3.63) is 44.7 Å². The lowest BCUT2D eigenvalue weighted by atomic mass is 9.98. The summed E-state index contributed by atoms with van der Waals surface area (Å²) in [5.41, 5.74) is 0.00715. The number of ether oxygens (including phenoxy) is 2. The molecule has 1 saturated carbocycles. The zero-order valence-corrected chi connectivity index (χ0v) is 20.2. The van der Waals surface area contributed by atoms with Crippen molar-refractivity contribution in [3.63, 3.8) is 0 Å². The summed E-state index contributed by atoms with van der Waals surface area (Å²) in [6.45, 7) is 4.49. The molecule has 1 aromatic carbocycles. The number of carbonyl (C=O) groups is 1. The van der Waals surface area contributed by atoms with Crippen LogP contribution in [0.3, 0.4) is 0 Å². The molecule has 0 amide bonds. The molecule has 1 aromatic heterocycles. The molecule has 2 aliphatic rings. The van der Waals surface area contributed by atoms with Crippen molar-refractivity contribution in [1.29, 1.82) is 0 Å². The Bertz CT molecular complexity index is 1280. The summed E-state index contributed by atoms with van der Waals surface area (Å²) in [6.07, 6.45) is 1.54. The molecule has 1 fully saturated rings. The molecule has 1 aliphatic carbocycles. The largest absolute Gasteiger partial charge is 0.492 e. The third kappa shape index (κ3) is 3.96. The SMILES string of the molecule is CCC1c2cc(C(=O)O)c(=O)n(C3C[C@@H]3C)c2-c2cc(Cl)c(OCCCOC)cc2S1(=O)=O. The topological polar surface area (TPSA) is 112 Å². The molecular formula is C23H26ClNO7S. The Morgan fingerprint density at radius 3 is 2.55 bits per heavy atom. The lowest BCUT2D eigenvalue weighted by molar-refractivity contribution is 0.0694. The molecule has 178 valence electrons. The highest BCUT2D eigenvalue weighted by atomic mass is 35.5. The molecule has 2 unspecified atom stereocenters. The monoisotopic (exact) mass is 495 g/mol. The third-order valence-electron chi connectivity index (χ3n) is 6.33. The zero-order valence-electron chi connectivity index (χ0n) is 18.6. The molecular weight excluding hydrogens is 470 g/mol. The number of hydrogen-bond donors (Lipinski definition) is 1. The van der Waals surface area contributed by atoms with E-state index in [4.69, 9.17) is 21.1 Å². The van der Waals surface area contributed by atoms with Crippen LogP contribution in [0.1, 0.15) is 60.3 Å². The highest BCUT2D eigenvalue weighted by Crippen LogP contribution is 2.52. The molecule has 0 bridgehead atoms. The van der Waals surface area contributed by atoms with Gasteiger partial charge in [0.2, 0.25) is 0 Å². The van der Waals surface area contributed by atoms with E-state index in [-0.39, 0.29) is 34.0 Å². The van der Waals surface area contributed by atoms with Crippen LogP contribution < -0.4 is 10.3 Å². The lowest BCUT2D eigenvalue weighted by Crippen LogP contribution is -2.32. The lowest BCUT2D eigenvalue weighted by Gasteiger charge is -2.30. The fourth-order valence-electron chi connectivity index (χ4n) is 4.53. The number of hydrogen-bond acceptors (Lipinski definition) is 6. The molecule has 4 rings (SSSR count). The quantitative estimate of drug-likeness (QED) is 0.548. The minimum absolute atomic E-state index is 0.0394. The molecule has 2 aromatic rings. The second kappa shape index (κ2) is 8.77. The Morgan fingerprint density at radius 2 is 1.97 bits per heavy atom. The number of carboxylic acids is 1. The van der Waals surface area contributed by atoms with Crippen LogP contribution in [0.4, 0.5) is 0 Å². The molecule has 0 radical (unpaired) electrons. The van der Waals surface area contributed by atoms with Gasteiger partial charge in [-0.2, -0.15) is 0 Å². The Kier molecular flexibility index (Phi) is 6.32. The van der Waals surface area contributed by atoms with E-state index in [1.54, 1.807) is 14.0 Å². The standard InChI is InChI=1S/C23H26ClNO7S/c1-4-19-13-9-15(23(27)28)22(26)25(17-8-12(17)2)21(13)14-10-16(24)18(32-7-5-6-31-3)11-20(14)33(19,29)30/h9-12,17,19H,4-8H2,1-3H3,(H,27,28)/t12-,17?,19?/m0/s1. The second-order valence-corrected chi connectivity index (χ2v) is 11.0. The molecule has 10 heteroatoms. The number of carboxylic acid groups (broad SMARTS) is 1. The first-order chi connectivity index (χ1) is 15.6. The highest BCUT2D eigenvalue weighted by molar-refractivity contribution is 7.92. The van der Waals surface area contributed by atoms with Gasteiger partial charge in [-0.25, -0.2) is 13.2 Å². The zero-order chi connectivity index (χ0) is 24.1. The van der Waals surface area contributed by atoms with Crippen LogP contribution >= 0.6 is 11.6 Å². The van der Waals surface area contributed by atoms with E-state index in [1.165, 1.54) is 22.8 Å². The van der Waals surface area contributed by atoms with E-state index in [9.17, 15) is 23.1 Å². The summed E-state index contributed by atoms with van der Waals surface area (Å²) < 4.78 is 39.4. The predicted molar refractivity (Wildman–Crippen MR) is 123 cm³/mol. The summed E-state index contributed by atoms with van der Waals surface area (Å²) in [6, 6.07) is 3.96. The maximum atomic E-state index is 13.6. The van der Waals surface area contributed by atoms with Gasteiger partial charge in [0, 0.05) is 37.8 Å². The van der Waals surface area contributed by atoms with Crippen molar-refractivity contribution in [2.24, 2.45) is 5.92 Å². The Balaban J connectivity index is 1.99. The van der Waals surface area contributed by atoms with Gasteiger partial charge in [0.25, 0.3) is 5.56 Å². The van der Waals surface area contributed by atoms with Crippen LogP contribution in [0.2, 0.25) is 5.02 Å². The minimum Gasteiger partial charge on any atom is -0.492 e. The predicted octanol–water partition coefficient (Wildman–Crippen LogP) is 4.10. The first kappa shape index (κ1) is 23.8. The smallest absolute Gasteiger partial charge is 0.341 e. The van der Waals surface area contributed by atoms with Crippen molar-refractivity contribution in [2.75, 3.05) is 20.3 Å². The van der Waals surface area contributed by atoms with Gasteiger partial charge in [0.15, 0.2) is 9.84 Å². The number of pyridine rings is 1. The van der Waals surface area contributed by atoms with Gasteiger partial charge in [0.05, 0.1) is 27.5 Å². The molecule has 1 aliphatic heterocycles. The first-order valence-corrected chi connectivity index (χ1v) is 12.8. The molecule has 1 N–H and O–H groups in total. The van der Waals surface area contributed by atoms with Crippen LogP contribution in [0, 0.1) is 5.92 Å². The summed E-state index contributed by atoms with van der Waals surface area (Å²) >= 11 is 6.47. The maximum Gasteiger partial charge on any atom is 0.341 e. The number of nitrogens with zero attached hydrogens (tertiary/aromatic N) is 1. The van der Waals surface area contributed by atoms with E-state index < -0.39 is 32.2 Å². The summed E-state index contributed by atoms with van der Waals surface area (Å²) in [5, 5.41) is 8.87. The summed E-state index contributed by atoms with van der Waals surface area (Å²) in [7, 11) is -2.30. The van der Waals surface area contributed by atoms with Crippen molar-refractivity contribution >= 4 is 27.4 Å². The van der Waals surface area contributed by atoms with Crippen molar-refractivity contribution in [3.8, 4) is 17.0 Å². The van der Waals surface area contributed by atoms with Gasteiger partial charge in [-0.15, -0.1) is 0 Å². The minimum atomic E-state index is -3.88. The number of benzene rings is 1. The van der Waals surface area contributed by atoms with Gasteiger partial charge in [-0.05, 0) is 36.5 Å². The van der Waals surface area contributed by atoms with Gasteiger partial charge < -0.3 is 19.1 Å². The van der Waals surface area contributed by atoms with Gasteiger partial charge in [-0.1, -0.05) is 25.4 Å². The van der Waals surface area contributed by atoms with Crippen molar-refractivity contribution in [1.82, 2.24) is 4.57 Å². The molecule has 3 atom stereocenters. The number of fused-ring (bicyclic) bond motifs is 3. The summed E-state index contributed by atoms with van der Waals surface area (Å²) in [5.74, 6) is -0.957. The van der Waals surface area contributed by atoms with Crippen LogP contribution in [0.25, 0.3) is 11.3 Å². The number of sulfone groups is 1. The number of aromatic carboxylic acids is 1. The first-order valence-electron chi connectivity index (χ1n) is 10.9. The molecule has 8 nitrogen and oxygen atoms in total. The molecule has 0 spiro atoms. The van der Waals surface area contributed by atoms with Crippen molar-refractivity contribution in [2.45, 2.75) is 49.3 Å². The summed E-state index contributed by atoms with van der Waals surface area (Å²) in [4.78, 5) is 25.1. The molecule has 33 heavy (non-hydrogen) atoms. The number of halogens is 1. The normalized spacial score (nSPS) is 22.4. The van der Waals surface area contributed by atoms with Gasteiger partial charge >= 0.3 is 5.97 Å².